The molecule has 0 atom stereocenters. The van der Waals surface area contributed by atoms with Gasteiger partial charge in [0, 0.05) is 36.5 Å². The summed E-state index contributed by atoms with van der Waals surface area (Å²) in [5.74, 6) is 0.659. The number of alkyl halides is 1. The summed E-state index contributed by atoms with van der Waals surface area (Å²) < 4.78 is 21.9. The maximum atomic E-state index is 14.5. The zero-order valence-electron chi connectivity index (χ0n) is 17.9. The van der Waals surface area contributed by atoms with Crippen LogP contribution in [-0.2, 0) is 28.4 Å². The van der Waals surface area contributed by atoms with Crippen LogP contribution in [0.4, 0.5) is 21.7 Å². The average Bonchev–Trinajstić information content (AvgIpc) is 3.10. The van der Waals surface area contributed by atoms with Crippen molar-refractivity contribution in [2.24, 2.45) is 0 Å². The molecular formula is C21H24FN7O2. The molecule has 0 fully saturated rings. The Balaban J connectivity index is 1.77. The van der Waals surface area contributed by atoms with Crippen LogP contribution in [0.5, 0.6) is 0 Å². The first-order valence-corrected chi connectivity index (χ1v) is 9.93. The van der Waals surface area contributed by atoms with Crippen molar-refractivity contribution in [3.63, 3.8) is 0 Å². The highest BCUT2D eigenvalue weighted by molar-refractivity contribution is 5.89. The van der Waals surface area contributed by atoms with E-state index in [-0.39, 0.29) is 11.7 Å². The van der Waals surface area contributed by atoms with Crippen molar-refractivity contribution >= 4 is 23.2 Å². The molecule has 2 N–H and O–H groups in total. The minimum atomic E-state index is -1.69. The van der Waals surface area contributed by atoms with Crippen molar-refractivity contribution in [1.29, 1.82) is 0 Å². The van der Waals surface area contributed by atoms with Gasteiger partial charge in [0.25, 0.3) is 0 Å². The highest BCUT2D eigenvalue weighted by Crippen LogP contribution is 2.32. The summed E-state index contributed by atoms with van der Waals surface area (Å²) in [4.78, 5) is 24.4. The molecule has 0 aliphatic carbocycles. The number of hydrogen-bond acceptors (Lipinski definition) is 7. The fraction of sp³-hybridized carbons (Fsp3) is 0.381. The first kappa shape index (κ1) is 20.9. The first-order valence-electron chi connectivity index (χ1n) is 9.93. The number of pyridine rings is 1. The van der Waals surface area contributed by atoms with E-state index in [1.807, 2.05) is 10.7 Å². The topological polar surface area (TPSA) is 107 Å². The van der Waals surface area contributed by atoms with E-state index in [0.717, 1.165) is 5.69 Å². The van der Waals surface area contributed by atoms with E-state index in [2.05, 4.69) is 30.7 Å². The third-order valence-corrected chi connectivity index (χ3v) is 4.69. The van der Waals surface area contributed by atoms with Gasteiger partial charge in [0.1, 0.15) is 11.6 Å². The number of carbonyl (C=O) groups is 1. The molecule has 4 heterocycles. The van der Waals surface area contributed by atoms with Crippen LogP contribution >= 0.6 is 0 Å². The number of rotatable bonds is 5. The molecule has 10 heteroatoms. The van der Waals surface area contributed by atoms with Crippen molar-refractivity contribution in [3.05, 3.63) is 41.6 Å². The Labute approximate surface area is 179 Å². The molecule has 1 aliphatic rings. The van der Waals surface area contributed by atoms with Crippen LogP contribution in [0.1, 0.15) is 38.0 Å². The lowest BCUT2D eigenvalue weighted by atomic mass is 10.1. The van der Waals surface area contributed by atoms with Gasteiger partial charge in [0.15, 0.2) is 11.5 Å². The quantitative estimate of drug-likeness (QED) is 0.644. The fourth-order valence-corrected chi connectivity index (χ4v) is 3.27. The van der Waals surface area contributed by atoms with Gasteiger partial charge in [-0.1, -0.05) is 0 Å². The van der Waals surface area contributed by atoms with E-state index < -0.39 is 5.67 Å². The van der Waals surface area contributed by atoms with E-state index in [1.54, 1.807) is 25.3 Å². The van der Waals surface area contributed by atoms with Crippen molar-refractivity contribution in [1.82, 2.24) is 24.7 Å². The van der Waals surface area contributed by atoms with Crippen molar-refractivity contribution < 1.29 is 13.9 Å². The van der Waals surface area contributed by atoms with Gasteiger partial charge in [0.05, 0.1) is 36.8 Å². The maximum absolute atomic E-state index is 14.5. The second-order valence-corrected chi connectivity index (χ2v) is 7.91. The number of anilines is 3. The molecule has 3 aromatic rings. The number of ether oxygens (including phenoxy) is 1. The van der Waals surface area contributed by atoms with Gasteiger partial charge < -0.3 is 15.4 Å². The summed E-state index contributed by atoms with van der Waals surface area (Å²) in [5.41, 5.74) is 1.96. The number of amides is 1. The molecule has 4 rings (SSSR count). The zero-order valence-corrected chi connectivity index (χ0v) is 17.9. The van der Waals surface area contributed by atoms with Crippen molar-refractivity contribution in [3.8, 4) is 11.3 Å². The van der Waals surface area contributed by atoms with Crippen LogP contribution in [-0.4, -0.2) is 37.2 Å². The average molecular weight is 425 g/mol. The number of hydrogen-bond donors (Lipinski definition) is 2. The summed E-state index contributed by atoms with van der Waals surface area (Å²) in [6.45, 7) is 7.80. The van der Waals surface area contributed by atoms with Crippen LogP contribution in [0.25, 0.3) is 11.3 Å². The highest BCUT2D eigenvalue weighted by atomic mass is 19.1. The molecule has 0 saturated heterocycles. The lowest BCUT2D eigenvalue weighted by Crippen LogP contribution is -2.16. The molecule has 0 spiro atoms. The van der Waals surface area contributed by atoms with E-state index in [9.17, 15) is 9.18 Å². The lowest BCUT2D eigenvalue weighted by Gasteiger charge is -2.16. The number of nitrogens with one attached hydrogen (secondary N) is 2. The molecule has 1 amide bonds. The smallest absolute Gasteiger partial charge is 0.222 e. The number of aromatic nitrogens is 5. The summed E-state index contributed by atoms with van der Waals surface area (Å²) in [5, 5.41) is 10.6. The normalized spacial score (nSPS) is 13.6. The Morgan fingerprint density at radius 1 is 1.23 bits per heavy atom. The Morgan fingerprint density at radius 2 is 2.03 bits per heavy atom. The Bertz CT molecular complexity index is 1110. The molecular weight excluding hydrogens is 401 g/mol. The van der Waals surface area contributed by atoms with Crippen molar-refractivity contribution in [2.45, 2.75) is 46.5 Å². The minimum absolute atomic E-state index is 0.0855. The molecule has 0 bridgehead atoms. The molecule has 0 aromatic carbocycles. The predicted molar refractivity (Wildman–Crippen MR) is 114 cm³/mol. The number of halogens is 1. The van der Waals surface area contributed by atoms with Gasteiger partial charge in [-0.25, -0.2) is 19.3 Å². The maximum Gasteiger partial charge on any atom is 0.222 e. The molecule has 1 aliphatic heterocycles. The van der Waals surface area contributed by atoms with Gasteiger partial charge in [-0.05, 0) is 26.8 Å². The lowest BCUT2D eigenvalue weighted by molar-refractivity contribution is -0.114. The van der Waals surface area contributed by atoms with Crippen LogP contribution in [0.2, 0.25) is 0 Å². The van der Waals surface area contributed by atoms with Crippen molar-refractivity contribution in [2.75, 3.05) is 17.2 Å². The van der Waals surface area contributed by atoms with Crippen LogP contribution in [0.3, 0.4) is 0 Å². The number of aryl methyl sites for hydroxylation is 1. The summed E-state index contributed by atoms with van der Waals surface area (Å²) >= 11 is 0. The second-order valence-electron chi connectivity index (χ2n) is 7.91. The minimum Gasteiger partial charge on any atom is -0.373 e. The monoisotopic (exact) mass is 425 g/mol. The van der Waals surface area contributed by atoms with Gasteiger partial charge in [-0.15, -0.1) is 0 Å². The third kappa shape index (κ3) is 4.69. The fourth-order valence-electron chi connectivity index (χ4n) is 3.27. The molecule has 9 nitrogen and oxygen atoms in total. The van der Waals surface area contributed by atoms with E-state index in [1.165, 1.54) is 20.8 Å². The molecule has 0 radical (unpaired) electrons. The summed E-state index contributed by atoms with van der Waals surface area (Å²) in [6.07, 6.45) is 1.64. The van der Waals surface area contributed by atoms with Crippen LogP contribution in [0.15, 0.2) is 24.4 Å². The van der Waals surface area contributed by atoms with Gasteiger partial charge in [0.2, 0.25) is 5.91 Å². The van der Waals surface area contributed by atoms with Gasteiger partial charge in [-0.2, -0.15) is 5.10 Å². The largest absolute Gasteiger partial charge is 0.373 e. The summed E-state index contributed by atoms with van der Waals surface area (Å²) in [7, 11) is 0. The highest BCUT2D eigenvalue weighted by Gasteiger charge is 2.24. The second kappa shape index (κ2) is 8.03. The molecule has 0 saturated carbocycles. The van der Waals surface area contributed by atoms with Crippen LogP contribution < -0.4 is 10.6 Å². The zero-order chi connectivity index (χ0) is 22.2. The Kier molecular flexibility index (Phi) is 5.40. The molecule has 162 valence electrons. The number of carbonyl (C=O) groups excluding carboxylic acids is 1. The van der Waals surface area contributed by atoms with E-state index in [4.69, 9.17) is 4.74 Å². The van der Waals surface area contributed by atoms with Crippen LogP contribution in [0, 0.1) is 6.92 Å². The van der Waals surface area contributed by atoms with E-state index in [0.29, 0.717) is 54.0 Å². The molecule has 0 unspecified atom stereocenters. The molecule has 3 aromatic heterocycles. The Hall–Kier alpha value is -3.40. The number of nitrogens with zero attached hydrogens (tertiary/aromatic N) is 5. The third-order valence-electron chi connectivity index (χ3n) is 4.69. The predicted octanol–water partition coefficient (Wildman–Crippen LogP) is 3.48. The number of fused-ring (bicyclic) bond motifs is 1. The van der Waals surface area contributed by atoms with Gasteiger partial charge in [-0.3, -0.25) is 9.48 Å². The van der Waals surface area contributed by atoms with E-state index >= 15 is 0 Å². The summed E-state index contributed by atoms with van der Waals surface area (Å²) in [6, 6.07) is 5.37. The Morgan fingerprint density at radius 3 is 2.74 bits per heavy atom. The first-order chi connectivity index (χ1) is 14.7. The standard InChI is InChI=1S/C21H24FN7O2/c1-12-7-19(27-20(24-12)21(3,4)22)26-16-9-18(25-13(2)30)23-10-15(16)17-8-14-11-31-6-5-29(14)28-17/h7-10H,5-6,11H2,1-4H3,(H2,23,24,25,26,27,30). The van der Waals surface area contributed by atoms with Gasteiger partial charge >= 0.3 is 0 Å². The molecule has 31 heavy (non-hydrogen) atoms. The SMILES string of the molecule is CC(=O)Nc1cc(Nc2cc(C)nc(C(C)(C)F)n2)c(-c2cc3n(n2)CCOC3)cn1.